The fraction of sp³-hybridized carbons (Fsp3) is 0.684. The van der Waals surface area contributed by atoms with Crippen LogP contribution in [0.1, 0.15) is 46.0 Å². The number of allylic oxidation sites excluding steroid dienone is 4. The number of fused-ring (bicyclic) bond motifs is 5. The molecule has 0 saturated heterocycles. The molecule has 2 fully saturated rings. The van der Waals surface area contributed by atoms with Gasteiger partial charge in [-0.3, -0.25) is 0 Å². The molecule has 0 aromatic heterocycles. The van der Waals surface area contributed by atoms with E-state index in [0.29, 0.717) is 23.5 Å². The first-order valence-electron chi connectivity index (χ1n) is 8.62. The van der Waals surface area contributed by atoms with Crippen LogP contribution >= 0.6 is 0 Å². The summed E-state index contributed by atoms with van der Waals surface area (Å²) in [6.07, 6.45) is 13.6. The van der Waals surface area contributed by atoms with Crippen molar-refractivity contribution in [2.45, 2.75) is 51.6 Å². The minimum atomic E-state index is -1.03. The number of aliphatic hydroxyl groups excluding tert-OH is 1. The lowest BCUT2D eigenvalue weighted by Gasteiger charge is -2.56. The zero-order valence-corrected chi connectivity index (χ0v) is 13.6. The average molecular weight is 299 g/mol. The van der Waals surface area contributed by atoms with Crippen molar-refractivity contribution in [2.75, 3.05) is 0 Å². The summed E-state index contributed by atoms with van der Waals surface area (Å²) in [6, 6.07) is 0. The summed E-state index contributed by atoms with van der Waals surface area (Å²) in [5.41, 5.74) is 14.5. The Hall–Kier alpha value is -1.06. The summed E-state index contributed by atoms with van der Waals surface area (Å²) in [4.78, 5) is 0. The van der Waals surface area contributed by atoms with Crippen molar-refractivity contribution in [3.05, 3.63) is 35.6 Å². The van der Waals surface area contributed by atoms with E-state index in [1.165, 1.54) is 12.0 Å². The summed E-state index contributed by atoms with van der Waals surface area (Å²) in [7, 11) is 0. The average Bonchev–Trinajstić information content (AvgIpc) is 2.76. The van der Waals surface area contributed by atoms with Crippen LogP contribution in [0.5, 0.6) is 0 Å². The van der Waals surface area contributed by atoms with Crippen LogP contribution in [0.25, 0.3) is 0 Å². The molecule has 6 atom stereocenters. The van der Waals surface area contributed by atoms with Gasteiger partial charge < -0.3 is 10.8 Å². The van der Waals surface area contributed by atoms with Gasteiger partial charge in [-0.1, -0.05) is 25.5 Å². The van der Waals surface area contributed by atoms with Gasteiger partial charge in [0.15, 0.2) is 0 Å². The molecule has 4 aliphatic rings. The Bertz CT molecular complexity index is 603. The minimum absolute atomic E-state index is 0.00414. The second-order valence-electron chi connectivity index (χ2n) is 8.42. The van der Waals surface area contributed by atoms with E-state index in [1.807, 2.05) is 12.2 Å². The van der Waals surface area contributed by atoms with Gasteiger partial charge in [-0.25, -0.2) is 5.73 Å². The second kappa shape index (κ2) is 4.27. The summed E-state index contributed by atoms with van der Waals surface area (Å²) >= 11 is 0. The molecule has 0 spiro atoms. The summed E-state index contributed by atoms with van der Waals surface area (Å²) in [5.74, 6) is 2.51. The van der Waals surface area contributed by atoms with E-state index in [0.717, 1.165) is 25.7 Å². The van der Waals surface area contributed by atoms with Gasteiger partial charge in [0, 0.05) is 10.8 Å². The van der Waals surface area contributed by atoms with Gasteiger partial charge in [-0.2, -0.15) is 0 Å². The number of nitrogens with two attached hydrogens (primary N) is 1. The van der Waals surface area contributed by atoms with Crippen molar-refractivity contribution >= 4 is 0 Å². The van der Waals surface area contributed by atoms with Gasteiger partial charge in [0.25, 0.3) is 0 Å². The van der Waals surface area contributed by atoms with Crippen LogP contribution in [0.3, 0.4) is 0 Å². The topological polar surface area (TPSA) is 70.0 Å². The quantitative estimate of drug-likeness (QED) is 0.669. The number of nitrogens with one attached hydrogen (secondary N) is 1. The highest BCUT2D eigenvalue weighted by molar-refractivity contribution is 5.37. The molecular weight excluding hydrogens is 272 g/mol. The summed E-state index contributed by atoms with van der Waals surface area (Å²) in [6.45, 7) is 4.60. The Labute approximate surface area is 133 Å². The Morgan fingerprint density at radius 3 is 2.77 bits per heavy atom. The first-order chi connectivity index (χ1) is 10.3. The Morgan fingerprint density at radius 1 is 1.23 bits per heavy atom. The van der Waals surface area contributed by atoms with Crippen molar-refractivity contribution in [1.29, 1.82) is 0 Å². The van der Waals surface area contributed by atoms with E-state index < -0.39 is 5.66 Å². The lowest BCUT2D eigenvalue weighted by molar-refractivity contribution is -0.0207. The maximum Gasteiger partial charge on any atom is 0.117 e. The molecule has 1 radical (unpaired) electrons. The summed E-state index contributed by atoms with van der Waals surface area (Å²) in [5, 5.41) is 10.3. The zero-order valence-electron chi connectivity index (χ0n) is 13.6. The highest BCUT2D eigenvalue weighted by atomic mass is 16.3. The van der Waals surface area contributed by atoms with Gasteiger partial charge >= 0.3 is 0 Å². The third kappa shape index (κ3) is 1.75. The van der Waals surface area contributed by atoms with Crippen LogP contribution in [0.2, 0.25) is 0 Å². The molecule has 3 heteroatoms. The van der Waals surface area contributed by atoms with Gasteiger partial charge in [-0.05, 0) is 68.1 Å². The molecule has 3 unspecified atom stereocenters. The molecule has 0 amide bonds. The Balaban J connectivity index is 1.70. The molecule has 4 aliphatic carbocycles. The molecule has 4 N–H and O–H groups in total. The lowest BCUT2D eigenvalue weighted by atomic mass is 9.48. The third-order valence-electron chi connectivity index (χ3n) is 7.30. The SMILES string of the molecule is C[C@]12C=C[C@]([NH])(N)C=C1CCC1C2CC[C@]2(C)C(O)=CCC12. The van der Waals surface area contributed by atoms with Crippen LogP contribution in [0.4, 0.5) is 0 Å². The third-order valence-corrected chi connectivity index (χ3v) is 7.30. The second-order valence-corrected chi connectivity index (χ2v) is 8.42. The van der Waals surface area contributed by atoms with Crippen molar-refractivity contribution in [3.63, 3.8) is 0 Å². The molecule has 0 aromatic rings. The normalized spacial score (nSPS) is 48.8. The molecule has 0 aliphatic heterocycles. The molecule has 4 rings (SSSR count). The van der Waals surface area contributed by atoms with E-state index in [-0.39, 0.29) is 10.8 Å². The van der Waals surface area contributed by atoms with Gasteiger partial charge in [0.1, 0.15) is 5.66 Å². The molecule has 119 valence electrons. The van der Waals surface area contributed by atoms with Crippen LogP contribution in [0, 0.1) is 28.6 Å². The van der Waals surface area contributed by atoms with E-state index >= 15 is 0 Å². The van der Waals surface area contributed by atoms with Gasteiger partial charge in [0.05, 0.1) is 5.76 Å². The Kier molecular flexibility index (Phi) is 2.82. The van der Waals surface area contributed by atoms with Crippen LogP contribution in [-0.2, 0) is 0 Å². The zero-order chi connectivity index (χ0) is 15.8. The molecule has 3 nitrogen and oxygen atoms in total. The van der Waals surface area contributed by atoms with E-state index in [4.69, 9.17) is 11.5 Å². The van der Waals surface area contributed by atoms with E-state index in [1.54, 1.807) is 0 Å². The number of hydrogen-bond acceptors (Lipinski definition) is 2. The Morgan fingerprint density at radius 2 is 2.00 bits per heavy atom. The molecular formula is C19H27N2O. The standard InChI is InChI=1S/C19H27N2O/c1-17-9-10-19(20,21)11-12(17)3-4-13-14-5-6-16(22)18(14,2)8-7-15(13)17/h6,9-11,13-15,20,22H,3-5,7-8,21H2,1-2H3/t13?,14?,15?,17-,18-,19-/m0/s1. The monoisotopic (exact) mass is 299 g/mol. The van der Waals surface area contributed by atoms with Crippen LogP contribution in [-0.4, -0.2) is 10.8 Å². The number of rotatable bonds is 0. The van der Waals surface area contributed by atoms with Crippen molar-refractivity contribution in [2.24, 2.45) is 34.3 Å². The number of hydrogen-bond donors (Lipinski definition) is 2. The smallest absolute Gasteiger partial charge is 0.117 e. The van der Waals surface area contributed by atoms with Crippen LogP contribution < -0.4 is 11.5 Å². The van der Waals surface area contributed by atoms with E-state index in [9.17, 15) is 5.11 Å². The first-order valence-corrected chi connectivity index (χ1v) is 8.62. The predicted molar refractivity (Wildman–Crippen MR) is 87.7 cm³/mol. The van der Waals surface area contributed by atoms with Crippen molar-refractivity contribution in [1.82, 2.24) is 5.73 Å². The molecule has 0 bridgehead atoms. The highest BCUT2D eigenvalue weighted by Crippen LogP contribution is 2.64. The molecule has 0 aromatic carbocycles. The van der Waals surface area contributed by atoms with Gasteiger partial charge in [0.2, 0.25) is 0 Å². The van der Waals surface area contributed by atoms with Gasteiger partial charge in [-0.15, -0.1) is 0 Å². The predicted octanol–water partition coefficient (Wildman–Crippen LogP) is 3.71. The molecule has 22 heavy (non-hydrogen) atoms. The number of aliphatic hydroxyl groups is 1. The maximum atomic E-state index is 10.3. The highest BCUT2D eigenvalue weighted by Gasteiger charge is 2.57. The minimum Gasteiger partial charge on any atom is -0.512 e. The largest absolute Gasteiger partial charge is 0.512 e. The lowest BCUT2D eigenvalue weighted by Crippen LogP contribution is -2.51. The van der Waals surface area contributed by atoms with E-state index in [2.05, 4.69) is 26.0 Å². The maximum absolute atomic E-state index is 10.3. The summed E-state index contributed by atoms with van der Waals surface area (Å²) < 4.78 is 0. The molecule has 0 heterocycles. The fourth-order valence-electron chi connectivity index (χ4n) is 5.91. The van der Waals surface area contributed by atoms with Crippen LogP contribution in [0.15, 0.2) is 35.6 Å². The first kappa shape index (κ1) is 14.5. The van der Waals surface area contributed by atoms with Crippen molar-refractivity contribution < 1.29 is 5.11 Å². The van der Waals surface area contributed by atoms with Crippen molar-refractivity contribution in [3.8, 4) is 0 Å². The fourth-order valence-corrected chi connectivity index (χ4v) is 5.91. The molecule has 2 saturated carbocycles.